The van der Waals surface area contributed by atoms with Gasteiger partial charge in [-0.3, -0.25) is 0 Å². The third kappa shape index (κ3) is 3.11. The molecule has 1 aromatic carbocycles. The van der Waals surface area contributed by atoms with Gasteiger partial charge in [-0.1, -0.05) is 24.3 Å². The van der Waals surface area contributed by atoms with E-state index >= 15 is 0 Å². The molecule has 0 saturated carbocycles. The van der Waals surface area contributed by atoms with Crippen molar-refractivity contribution in [3.63, 3.8) is 0 Å². The van der Waals surface area contributed by atoms with Crippen LogP contribution >= 0.6 is 0 Å². The summed E-state index contributed by atoms with van der Waals surface area (Å²) in [5.41, 5.74) is 2.70. The van der Waals surface area contributed by atoms with Gasteiger partial charge in [0.15, 0.2) is 0 Å². The first-order valence-corrected chi connectivity index (χ1v) is 7.25. The minimum absolute atomic E-state index is 0.188. The van der Waals surface area contributed by atoms with Crippen molar-refractivity contribution in [1.29, 1.82) is 0 Å². The number of hydrogen-bond donors (Lipinski definition) is 2. The number of carbonyl (C=O) groups excluding carboxylic acids is 1. The van der Waals surface area contributed by atoms with E-state index < -0.39 is 0 Å². The molecule has 2 heterocycles. The third-order valence-corrected chi connectivity index (χ3v) is 3.95. The molecule has 5 heteroatoms. The number of fused-ring (bicyclic) bond motifs is 1. The summed E-state index contributed by atoms with van der Waals surface area (Å²) in [7, 11) is 0. The molecule has 3 rings (SSSR count). The molecule has 2 N–H and O–H groups in total. The molecule has 108 valence electrons. The van der Waals surface area contributed by atoms with Gasteiger partial charge in [0.05, 0.1) is 0 Å². The molecule has 1 atom stereocenters. The van der Waals surface area contributed by atoms with Gasteiger partial charge >= 0.3 is 6.09 Å². The predicted molar refractivity (Wildman–Crippen MR) is 76.6 cm³/mol. The first-order valence-electron chi connectivity index (χ1n) is 7.25. The molecule has 0 unspecified atom stereocenters. The molecule has 1 aromatic rings. The maximum absolute atomic E-state index is 11.9. The van der Waals surface area contributed by atoms with E-state index in [-0.39, 0.29) is 12.1 Å². The minimum atomic E-state index is -0.188. The fourth-order valence-electron chi connectivity index (χ4n) is 2.75. The Morgan fingerprint density at radius 3 is 2.80 bits per heavy atom. The average molecular weight is 275 g/mol. The van der Waals surface area contributed by atoms with Gasteiger partial charge in [-0.05, 0) is 17.5 Å². The number of hydrogen-bond acceptors (Lipinski definition) is 4. The number of nitrogens with zero attached hydrogens (tertiary/aromatic N) is 1. The summed E-state index contributed by atoms with van der Waals surface area (Å²) >= 11 is 0. The lowest BCUT2D eigenvalue weighted by atomic mass is 9.96. The Hall–Kier alpha value is -1.59. The maximum Gasteiger partial charge on any atom is 0.409 e. The van der Waals surface area contributed by atoms with Crippen LogP contribution in [0.2, 0.25) is 0 Å². The van der Waals surface area contributed by atoms with Crippen molar-refractivity contribution in [1.82, 2.24) is 15.5 Å². The fourth-order valence-corrected chi connectivity index (χ4v) is 2.75. The number of rotatable bonds is 2. The quantitative estimate of drug-likeness (QED) is 0.836. The Morgan fingerprint density at radius 2 is 2.00 bits per heavy atom. The van der Waals surface area contributed by atoms with Crippen molar-refractivity contribution in [3.05, 3.63) is 35.4 Å². The van der Waals surface area contributed by atoms with Crippen molar-refractivity contribution in [2.45, 2.75) is 19.0 Å². The monoisotopic (exact) mass is 275 g/mol. The molecule has 2 aliphatic rings. The van der Waals surface area contributed by atoms with E-state index in [0.717, 1.165) is 39.1 Å². The second-order valence-electron chi connectivity index (χ2n) is 5.36. The number of benzene rings is 1. The van der Waals surface area contributed by atoms with E-state index in [1.807, 2.05) is 0 Å². The highest BCUT2D eigenvalue weighted by atomic mass is 16.6. The molecule has 20 heavy (non-hydrogen) atoms. The van der Waals surface area contributed by atoms with Gasteiger partial charge in [0.2, 0.25) is 0 Å². The third-order valence-electron chi connectivity index (χ3n) is 3.95. The van der Waals surface area contributed by atoms with Crippen molar-refractivity contribution < 1.29 is 9.53 Å². The molecular weight excluding hydrogens is 254 g/mol. The van der Waals surface area contributed by atoms with Crippen LogP contribution in [-0.2, 0) is 17.7 Å². The number of carbonyl (C=O) groups is 1. The van der Waals surface area contributed by atoms with Gasteiger partial charge in [0.25, 0.3) is 0 Å². The van der Waals surface area contributed by atoms with Crippen molar-refractivity contribution in [2.75, 3.05) is 32.8 Å². The van der Waals surface area contributed by atoms with E-state index in [2.05, 4.69) is 34.9 Å². The highest BCUT2D eigenvalue weighted by Gasteiger charge is 2.21. The summed E-state index contributed by atoms with van der Waals surface area (Å²) in [4.78, 5) is 13.7. The zero-order valence-corrected chi connectivity index (χ0v) is 11.6. The van der Waals surface area contributed by atoms with Gasteiger partial charge in [-0.25, -0.2) is 4.79 Å². The molecule has 1 amide bonds. The van der Waals surface area contributed by atoms with Gasteiger partial charge in [-0.2, -0.15) is 0 Å². The summed E-state index contributed by atoms with van der Waals surface area (Å²) < 4.78 is 5.43. The number of nitrogens with one attached hydrogen (secondary N) is 2. The Labute approximate surface area is 119 Å². The second-order valence-corrected chi connectivity index (χ2v) is 5.36. The normalized spacial score (nSPS) is 22.2. The number of ether oxygens (including phenoxy) is 1. The molecule has 0 bridgehead atoms. The molecular formula is C15H21N3O2. The smallest absolute Gasteiger partial charge is 0.409 e. The molecule has 1 fully saturated rings. The topological polar surface area (TPSA) is 53.6 Å². The van der Waals surface area contributed by atoms with Crippen LogP contribution in [0.3, 0.4) is 0 Å². The van der Waals surface area contributed by atoms with E-state index in [1.165, 1.54) is 11.1 Å². The van der Waals surface area contributed by atoms with Gasteiger partial charge in [-0.15, -0.1) is 0 Å². The van der Waals surface area contributed by atoms with Crippen molar-refractivity contribution in [2.24, 2.45) is 0 Å². The van der Waals surface area contributed by atoms with E-state index in [9.17, 15) is 4.79 Å². The SMILES string of the molecule is O=C(OC[C@H]1Cc2ccccc2CN1)N1CCNCC1. The lowest BCUT2D eigenvalue weighted by molar-refractivity contribution is 0.0877. The van der Waals surface area contributed by atoms with Crippen LogP contribution in [0.15, 0.2) is 24.3 Å². The lowest BCUT2D eigenvalue weighted by Gasteiger charge is -2.29. The van der Waals surface area contributed by atoms with Crippen LogP contribution in [0.5, 0.6) is 0 Å². The van der Waals surface area contributed by atoms with Crippen LogP contribution < -0.4 is 10.6 Å². The van der Waals surface area contributed by atoms with E-state index in [4.69, 9.17) is 4.74 Å². The molecule has 5 nitrogen and oxygen atoms in total. The van der Waals surface area contributed by atoms with Gasteiger partial charge in [0, 0.05) is 38.8 Å². The average Bonchev–Trinajstić information content (AvgIpc) is 2.53. The Kier molecular flexibility index (Phi) is 4.18. The Balaban J connectivity index is 1.49. The second kappa shape index (κ2) is 6.24. The summed E-state index contributed by atoms with van der Waals surface area (Å²) in [5.74, 6) is 0. The lowest BCUT2D eigenvalue weighted by Crippen LogP contribution is -2.48. The molecule has 0 aromatic heterocycles. The summed E-state index contributed by atoms with van der Waals surface area (Å²) in [6.07, 6.45) is 0.734. The summed E-state index contributed by atoms with van der Waals surface area (Å²) in [6, 6.07) is 8.64. The van der Waals surface area contributed by atoms with Gasteiger partial charge in [0.1, 0.15) is 6.61 Å². The zero-order valence-electron chi connectivity index (χ0n) is 11.6. The minimum Gasteiger partial charge on any atom is -0.448 e. The molecule has 0 radical (unpaired) electrons. The fraction of sp³-hybridized carbons (Fsp3) is 0.533. The highest BCUT2D eigenvalue weighted by molar-refractivity contribution is 5.67. The Bertz CT molecular complexity index is 472. The largest absolute Gasteiger partial charge is 0.448 e. The summed E-state index contributed by atoms with van der Waals surface area (Å²) in [6.45, 7) is 4.47. The van der Waals surface area contributed by atoms with Gasteiger partial charge < -0.3 is 20.3 Å². The van der Waals surface area contributed by atoms with E-state index in [1.54, 1.807) is 4.90 Å². The molecule has 0 aliphatic carbocycles. The molecule has 1 saturated heterocycles. The molecule has 2 aliphatic heterocycles. The predicted octanol–water partition coefficient (Wildman–Crippen LogP) is 0.743. The highest BCUT2D eigenvalue weighted by Crippen LogP contribution is 2.16. The van der Waals surface area contributed by atoms with Crippen molar-refractivity contribution in [3.8, 4) is 0 Å². The van der Waals surface area contributed by atoms with Crippen LogP contribution in [-0.4, -0.2) is 49.8 Å². The van der Waals surface area contributed by atoms with Crippen LogP contribution in [0.1, 0.15) is 11.1 Å². The summed E-state index contributed by atoms with van der Waals surface area (Å²) in [5, 5.41) is 6.65. The first kappa shape index (κ1) is 13.4. The van der Waals surface area contributed by atoms with Crippen molar-refractivity contribution >= 4 is 6.09 Å². The zero-order chi connectivity index (χ0) is 13.8. The maximum atomic E-state index is 11.9. The van der Waals surface area contributed by atoms with Crippen LogP contribution in [0.4, 0.5) is 4.79 Å². The van der Waals surface area contributed by atoms with Crippen LogP contribution in [0.25, 0.3) is 0 Å². The number of amides is 1. The molecule has 0 spiro atoms. The Morgan fingerprint density at radius 1 is 1.25 bits per heavy atom. The number of piperazine rings is 1. The van der Waals surface area contributed by atoms with Crippen LogP contribution in [0, 0.1) is 0 Å². The van der Waals surface area contributed by atoms with E-state index in [0.29, 0.717) is 6.61 Å². The standard InChI is InChI=1S/C15H21N3O2/c19-15(18-7-5-16-6-8-18)20-11-14-9-12-3-1-2-4-13(12)10-17-14/h1-4,14,16-17H,5-11H2/t14-/m1/s1. The first-order chi connectivity index (χ1) is 9.83.